The van der Waals surface area contributed by atoms with E-state index in [1.807, 2.05) is 44.2 Å². The van der Waals surface area contributed by atoms with Crippen molar-refractivity contribution in [2.45, 2.75) is 179 Å². The topological polar surface area (TPSA) is 270 Å². The minimum absolute atomic E-state index is 0.0285. The van der Waals surface area contributed by atoms with Crippen LogP contribution in [-0.2, 0) is 66.6 Å². The Kier molecular flexibility index (Phi) is 30.3. The van der Waals surface area contributed by atoms with Crippen LogP contribution in [0.25, 0.3) is 0 Å². The zero-order valence-electron chi connectivity index (χ0n) is 48.9. The van der Waals surface area contributed by atoms with Gasteiger partial charge in [-0.3, -0.25) is 19.2 Å². The second kappa shape index (κ2) is 35.3. The molecule has 0 aromatic heterocycles. The molecule has 20 nitrogen and oxygen atoms in total. The number of carbonyl (C=O) groups is 5. The first-order chi connectivity index (χ1) is 38.1. The molecule has 3 aliphatic heterocycles. The van der Waals surface area contributed by atoms with E-state index in [0.29, 0.717) is 111 Å². The fraction of sp³-hybridized carbons (Fsp3) is 0.763. The summed E-state index contributed by atoms with van der Waals surface area (Å²) in [6, 6.07) is -2.14. The summed E-state index contributed by atoms with van der Waals surface area (Å²) in [5, 5.41) is 37.6. The number of nitrogens with one attached hydrogen (secondary N) is 1. The lowest BCUT2D eigenvalue weighted by Crippen LogP contribution is -2.61. The molecule has 80 heavy (non-hydrogen) atoms. The van der Waals surface area contributed by atoms with Crippen molar-refractivity contribution in [2.24, 2.45) is 35.3 Å². The number of cyclic esters (lactones) is 1. The van der Waals surface area contributed by atoms with Gasteiger partial charge in [0.2, 0.25) is 5.79 Å². The number of aliphatic hydroxyl groups excluding tert-OH is 2. The molecule has 1 unspecified atom stereocenters. The van der Waals surface area contributed by atoms with Crippen molar-refractivity contribution in [3.05, 3.63) is 47.6 Å². The second-order valence-corrected chi connectivity index (χ2v) is 22.6. The van der Waals surface area contributed by atoms with Crippen LogP contribution in [0.3, 0.4) is 0 Å². The van der Waals surface area contributed by atoms with Gasteiger partial charge in [-0.2, -0.15) is 0 Å². The quantitative estimate of drug-likeness (QED) is 0.0405. The van der Waals surface area contributed by atoms with Crippen molar-refractivity contribution >= 4 is 46.6 Å². The van der Waals surface area contributed by atoms with E-state index in [1.165, 1.54) is 13.0 Å². The average Bonchev–Trinajstić information content (AvgIpc) is 3.45. The third-order valence-corrected chi connectivity index (χ3v) is 16.2. The highest BCUT2D eigenvalue weighted by atomic mass is 32.1. The van der Waals surface area contributed by atoms with Gasteiger partial charge in [0.1, 0.15) is 36.2 Å². The molecule has 2 bridgehead atoms. The molecule has 3 heterocycles. The second-order valence-electron chi connectivity index (χ2n) is 22.2. The molecule has 6 N–H and O–H groups in total. The number of esters is 1. The molecule has 15 atom stereocenters. The van der Waals surface area contributed by atoms with Crippen LogP contribution in [0, 0.1) is 29.6 Å². The zero-order chi connectivity index (χ0) is 58.9. The van der Waals surface area contributed by atoms with Gasteiger partial charge in [-0.15, -0.1) is 0 Å². The van der Waals surface area contributed by atoms with Crippen molar-refractivity contribution in [2.75, 3.05) is 80.7 Å². The number of allylic oxidation sites excluding steroid dienone is 6. The molecule has 21 heteroatoms. The fourth-order valence-electron chi connectivity index (χ4n) is 10.9. The molecule has 1 saturated carbocycles. The maximum absolute atomic E-state index is 14.5. The van der Waals surface area contributed by atoms with Gasteiger partial charge in [-0.25, -0.2) is 4.79 Å². The summed E-state index contributed by atoms with van der Waals surface area (Å²) >= 11 is 5.51. The van der Waals surface area contributed by atoms with Crippen LogP contribution in [0.5, 0.6) is 0 Å². The highest BCUT2D eigenvalue weighted by Gasteiger charge is 2.53. The van der Waals surface area contributed by atoms with E-state index < -0.39 is 95.4 Å². The van der Waals surface area contributed by atoms with Gasteiger partial charge >= 0.3 is 5.97 Å². The van der Waals surface area contributed by atoms with E-state index in [9.17, 15) is 39.3 Å². The van der Waals surface area contributed by atoms with Gasteiger partial charge in [0.05, 0.1) is 64.6 Å². The Morgan fingerprint density at radius 1 is 0.812 bits per heavy atom. The third kappa shape index (κ3) is 21.4. The number of piperidine rings is 1. The van der Waals surface area contributed by atoms with Crippen LogP contribution in [0.15, 0.2) is 47.6 Å². The largest absolute Gasteiger partial charge is 0.465 e. The van der Waals surface area contributed by atoms with Crippen LogP contribution in [0.1, 0.15) is 119 Å². The van der Waals surface area contributed by atoms with Crippen molar-refractivity contribution in [3.8, 4) is 0 Å². The Hall–Kier alpha value is -3.84. The zero-order valence-corrected chi connectivity index (χ0v) is 49.7. The lowest BCUT2D eigenvalue weighted by Gasteiger charge is -2.42. The Morgan fingerprint density at radius 2 is 1.50 bits per heavy atom. The summed E-state index contributed by atoms with van der Waals surface area (Å²) < 4.78 is 51.7. The van der Waals surface area contributed by atoms with Crippen molar-refractivity contribution < 1.29 is 81.9 Å². The summed E-state index contributed by atoms with van der Waals surface area (Å²) in [7, 11) is 4.76. The predicted octanol–water partition coefficient (Wildman–Crippen LogP) is 4.81. The number of Topliss-reactive ketones (excluding diaryl/α,β-unsaturated/α-hetero) is 3. The lowest BCUT2D eigenvalue weighted by molar-refractivity contribution is -0.265. The average molecular weight is 1150 g/mol. The fourth-order valence-corrected chi connectivity index (χ4v) is 11.1. The van der Waals surface area contributed by atoms with Crippen LogP contribution >= 0.6 is 12.2 Å². The van der Waals surface area contributed by atoms with Gasteiger partial charge < -0.3 is 73.9 Å². The monoisotopic (exact) mass is 1150 g/mol. The number of rotatable bonds is 18. The Morgan fingerprint density at radius 3 is 2.17 bits per heavy atom. The predicted molar refractivity (Wildman–Crippen MR) is 303 cm³/mol. The van der Waals surface area contributed by atoms with E-state index >= 15 is 0 Å². The maximum atomic E-state index is 14.5. The number of hydrogen-bond acceptors (Lipinski definition) is 19. The number of amides is 1. The number of carbonyl (C=O) groups excluding carboxylic acids is 5. The van der Waals surface area contributed by atoms with Crippen molar-refractivity contribution in [1.82, 2.24) is 10.2 Å². The van der Waals surface area contributed by atoms with E-state index in [0.717, 1.165) is 10.5 Å². The first-order valence-electron chi connectivity index (χ1n) is 28.7. The van der Waals surface area contributed by atoms with E-state index in [4.69, 9.17) is 60.6 Å². The molecule has 1 amide bonds. The molecule has 2 saturated heterocycles. The van der Waals surface area contributed by atoms with Gasteiger partial charge in [0.15, 0.2) is 5.78 Å². The van der Waals surface area contributed by atoms with Gasteiger partial charge in [-0.05, 0) is 113 Å². The van der Waals surface area contributed by atoms with Gasteiger partial charge in [-0.1, -0.05) is 64.2 Å². The number of fused-ring (bicyclic) bond motifs is 3. The number of thiocarbonyl (C=S) groups is 1. The highest BCUT2D eigenvalue weighted by molar-refractivity contribution is 7.80. The smallest absolute Gasteiger partial charge is 0.329 e. The summed E-state index contributed by atoms with van der Waals surface area (Å²) in [6.45, 7) is 13.9. The number of ketones is 3. The number of ether oxygens (including phenoxy) is 9. The Labute approximate surface area is 479 Å². The summed E-state index contributed by atoms with van der Waals surface area (Å²) in [4.78, 5) is 72.1. The van der Waals surface area contributed by atoms with Crippen LogP contribution < -0.4 is 11.1 Å². The summed E-state index contributed by atoms with van der Waals surface area (Å²) in [5.74, 6) is -8.91. The molecule has 1 aliphatic carbocycles. The SMILES string of the molecule is COCCOCCOCCOCCNC(=S)O[C@@H]1CC[C@@H](C[C@@H](N)[C@@H]2CC(=O)[C@H](C)/C=C(\C)[C@@H](O)[C@@H](O)C(=O)C(C)C[C@H](C)/C=C/C=C/C=C(\C)[C@@H](OC)C[C@@H]3CC[C@@H](C)[C@@](O)(O3)C(=O)C(=O)N3CCCC[C@H]3C(=O)O2)C[C@H]1OC. The molecule has 0 aromatic rings. The van der Waals surface area contributed by atoms with E-state index in [1.54, 1.807) is 42.1 Å². The first kappa shape index (κ1) is 68.7. The molecule has 0 spiro atoms. The molecule has 4 rings (SSSR count). The first-order valence-corrected chi connectivity index (χ1v) is 29.1. The molecule has 0 aromatic carbocycles. The summed E-state index contributed by atoms with van der Waals surface area (Å²) in [5.41, 5.74) is 8.04. The molecule has 454 valence electrons. The van der Waals surface area contributed by atoms with E-state index in [-0.39, 0.29) is 60.6 Å². The van der Waals surface area contributed by atoms with E-state index in [2.05, 4.69) is 5.32 Å². The van der Waals surface area contributed by atoms with Crippen LogP contribution in [0.2, 0.25) is 0 Å². The number of hydrogen-bond donors (Lipinski definition) is 5. The molecule has 3 fully saturated rings. The highest BCUT2D eigenvalue weighted by Crippen LogP contribution is 2.37. The number of aliphatic hydroxyl groups is 3. The van der Waals surface area contributed by atoms with Crippen molar-refractivity contribution in [1.29, 1.82) is 0 Å². The standard InChI is InChI=1S/C59H95N3O17S/c1-37-15-11-10-12-16-38(2)49(72-8)35-44-20-18-42(6)59(70,79-44)55(67)56(68)62-23-14-13-17-46(62)57(69)77-50(36-47(63)39(3)32-41(5)53(65)54(66)52(64)40(4)31-37)45(60)33-43-19-21-48(51(34-43)73-9)78-58(80)61-22-24-74-27-28-76-30-29-75-26-25-71-7/h10-12,15-16,32,37,39-40,42-46,48-51,53-54,65-66,70H,13-14,17-31,33-36,60H2,1-9H3,(H,61,80)/b12-10+,15-11+,38-16+,41-32+/t37-,39-,40?,42-,43+,44+,45-,46+,48-,49+,50+,51-,53-,54+,59-/m1/s1. The lowest BCUT2D eigenvalue weighted by atomic mass is 9.80. The molecule has 0 radical (unpaired) electrons. The normalized spacial score (nSPS) is 34.9. The number of nitrogens with two attached hydrogens (primary N) is 1. The van der Waals surface area contributed by atoms with Gasteiger partial charge in [0.25, 0.3) is 16.9 Å². The Bertz CT molecular complexity index is 2110. The number of methoxy groups -OCH3 is 3. The maximum Gasteiger partial charge on any atom is 0.329 e. The van der Waals surface area contributed by atoms with Crippen LogP contribution in [-0.4, -0.2) is 196 Å². The minimum atomic E-state index is -2.48. The van der Waals surface area contributed by atoms with Gasteiger partial charge in [0, 0.05) is 71.1 Å². The minimum Gasteiger partial charge on any atom is -0.465 e. The molecule has 4 aliphatic rings. The molecular formula is C59H95N3O17S. The van der Waals surface area contributed by atoms with Crippen LogP contribution in [0.4, 0.5) is 0 Å². The van der Waals surface area contributed by atoms with Crippen molar-refractivity contribution in [3.63, 3.8) is 0 Å². The number of nitrogens with zero attached hydrogens (tertiary/aromatic N) is 1. The Balaban J connectivity index is 1.53. The third-order valence-electron chi connectivity index (χ3n) is 15.9. The molecular weight excluding hydrogens is 1050 g/mol. The summed E-state index contributed by atoms with van der Waals surface area (Å²) in [6.07, 6.45) is 8.78.